The van der Waals surface area contributed by atoms with Crippen molar-refractivity contribution in [2.45, 2.75) is 6.54 Å². The van der Waals surface area contributed by atoms with Gasteiger partial charge in [0, 0.05) is 22.7 Å². The molecule has 2 amide bonds. The Labute approximate surface area is 165 Å². The molecule has 3 aromatic rings. The smallest absolute Gasteiger partial charge is 0.268 e. The van der Waals surface area contributed by atoms with Crippen LogP contribution in [0.15, 0.2) is 87.6 Å². The third kappa shape index (κ3) is 5.43. The van der Waals surface area contributed by atoms with Crippen molar-refractivity contribution in [1.29, 1.82) is 0 Å². The summed E-state index contributed by atoms with van der Waals surface area (Å²) in [5, 5.41) is 5.47. The van der Waals surface area contributed by atoms with Crippen LogP contribution in [-0.2, 0) is 11.3 Å². The van der Waals surface area contributed by atoms with Gasteiger partial charge in [0.05, 0.1) is 6.26 Å². The minimum absolute atomic E-state index is 0.105. The molecule has 0 aliphatic carbocycles. The molecule has 0 unspecified atom stereocenters. The minimum atomic E-state index is -0.402. The van der Waals surface area contributed by atoms with Crippen LogP contribution >= 0.6 is 15.9 Å². The molecule has 0 atom stereocenters. The van der Waals surface area contributed by atoms with Gasteiger partial charge in [0.2, 0.25) is 0 Å². The molecule has 1 aromatic heterocycles. The maximum Gasteiger partial charge on any atom is 0.268 e. The monoisotopic (exact) mass is 424 g/mol. The van der Waals surface area contributed by atoms with Crippen molar-refractivity contribution in [1.82, 2.24) is 10.6 Å². The van der Waals surface area contributed by atoms with E-state index in [-0.39, 0.29) is 11.6 Å². The fraction of sp³-hybridized carbons (Fsp3) is 0.0476. The lowest BCUT2D eigenvalue weighted by atomic mass is 10.2. The third-order valence-corrected chi connectivity index (χ3v) is 4.25. The molecule has 1 heterocycles. The largest absolute Gasteiger partial charge is 0.465 e. The van der Waals surface area contributed by atoms with E-state index in [2.05, 4.69) is 26.6 Å². The van der Waals surface area contributed by atoms with Gasteiger partial charge in [-0.1, -0.05) is 46.3 Å². The summed E-state index contributed by atoms with van der Waals surface area (Å²) in [6.07, 6.45) is 3.00. The quantitative estimate of drug-likeness (QED) is 0.584. The van der Waals surface area contributed by atoms with Gasteiger partial charge >= 0.3 is 0 Å². The Kier molecular flexibility index (Phi) is 6.22. The van der Waals surface area contributed by atoms with Crippen molar-refractivity contribution < 1.29 is 14.0 Å². The predicted octanol–water partition coefficient (Wildman–Crippen LogP) is 4.13. The summed E-state index contributed by atoms with van der Waals surface area (Å²) in [4.78, 5) is 25.1. The van der Waals surface area contributed by atoms with E-state index < -0.39 is 5.91 Å². The second kappa shape index (κ2) is 9.00. The number of rotatable bonds is 6. The van der Waals surface area contributed by atoms with Gasteiger partial charge in [-0.15, -0.1) is 0 Å². The van der Waals surface area contributed by atoms with Gasteiger partial charge in [-0.3, -0.25) is 9.59 Å². The minimum Gasteiger partial charge on any atom is -0.465 e. The summed E-state index contributed by atoms with van der Waals surface area (Å²) >= 11 is 3.33. The maximum atomic E-state index is 12.6. The van der Waals surface area contributed by atoms with Crippen LogP contribution < -0.4 is 10.6 Å². The number of carbonyl (C=O) groups is 2. The van der Waals surface area contributed by atoms with E-state index in [4.69, 9.17) is 4.42 Å². The van der Waals surface area contributed by atoms with Gasteiger partial charge < -0.3 is 15.1 Å². The molecule has 0 fully saturated rings. The zero-order chi connectivity index (χ0) is 19.1. The summed E-state index contributed by atoms with van der Waals surface area (Å²) in [5.74, 6) is -0.313. The number of hydrogen-bond acceptors (Lipinski definition) is 3. The SMILES string of the molecule is O=C(NCc1ccccc1)C(=Cc1ccco1)NC(=O)c1ccc(Br)cc1. The van der Waals surface area contributed by atoms with Gasteiger partial charge in [-0.2, -0.15) is 0 Å². The first kappa shape index (κ1) is 18.7. The van der Waals surface area contributed by atoms with E-state index in [1.165, 1.54) is 12.3 Å². The molecule has 0 radical (unpaired) electrons. The van der Waals surface area contributed by atoms with Crippen LogP contribution in [0.1, 0.15) is 21.7 Å². The highest BCUT2D eigenvalue weighted by Gasteiger charge is 2.15. The summed E-state index contributed by atoms with van der Waals surface area (Å²) in [6.45, 7) is 0.351. The lowest BCUT2D eigenvalue weighted by molar-refractivity contribution is -0.117. The Hall–Kier alpha value is -3.12. The van der Waals surface area contributed by atoms with Crippen LogP contribution in [0.5, 0.6) is 0 Å². The number of halogens is 1. The third-order valence-electron chi connectivity index (χ3n) is 3.72. The van der Waals surface area contributed by atoms with Crippen LogP contribution in [0, 0.1) is 0 Å². The van der Waals surface area contributed by atoms with E-state index >= 15 is 0 Å². The molecule has 27 heavy (non-hydrogen) atoms. The van der Waals surface area contributed by atoms with Crippen LogP contribution in [-0.4, -0.2) is 11.8 Å². The molecule has 2 aromatic carbocycles. The second-order valence-electron chi connectivity index (χ2n) is 5.70. The first-order chi connectivity index (χ1) is 13.1. The van der Waals surface area contributed by atoms with Gasteiger partial charge in [-0.25, -0.2) is 0 Å². The van der Waals surface area contributed by atoms with Gasteiger partial charge in [0.1, 0.15) is 11.5 Å². The normalized spacial score (nSPS) is 11.1. The highest BCUT2D eigenvalue weighted by Crippen LogP contribution is 2.12. The molecule has 3 rings (SSSR count). The van der Waals surface area contributed by atoms with Crippen molar-refractivity contribution in [3.8, 4) is 0 Å². The molecule has 0 saturated heterocycles. The molecule has 0 spiro atoms. The predicted molar refractivity (Wildman–Crippen MR) is 107 cm³/mol. The molecule has 0 aliphatic heterocycles. The average molecular weight is 425 g/mol. The van der Waals surface area contributed by atoms with Crippen LogP contribution in [0.25, 0.3) is 6.08 Å². The summed E-state index contributed by atoms with van der Waals surface area (Å²) in [5.41, 5.74) is 1.51. The number of nitrogens with one attached hydrogen (secondary N) is 2. The second-order valence-corrected chi connectivity index (χ2v) is 6.62. The molecule has 2 N–H and O–H groups in total. The summed E-state index contributed by atoms with van der Waals surface area (Å²) in [6, 6.07) is 19.8. The Morgan fingerprint density at radius 1 is 0.963 bits per heavy atom. The fourth-order valence-electron chi connectivity index (χ4n) is 2.34. The van der Waals surface area contributed by atoms with E-state index in [1.54, 1.807) is 36.4 Å². The highest BCUT2D eigenvalue weighted by atomic mass is 79.9. The Morgan fingerprint density at radius 2 is 1.70 bits per heavy atom. The summed E-state index contributed by atoms with van der Waals surface area (Å²) in [7, 11) is 0. The molecule has 0 saturated carbocycles. The zero-order valence-electron chi connectivity index (χ0n) is 14.3. The average Bonchev–Trinajstić information content (AvgIpc) is 3.20. The van der Waals surface area contributed by atoms with Crippen molar-refractivity contribution in [2.24, 2.45) is 0 Å². The molecular formula is C21H17BrN2O3. The molecular weight excluding hydrogens is 408 g/mol. The lowest BCUT2D eigenvalue weighted by Gasteiger charge is -2.11. The number of furan rings is 1. The standard InChI is InChI=1S/C21H17BrN2O3/c22-17-10-8-16(9-11-17)20(25)24-19(13-18-7-4-12-27-18)21(26)23-14-15-5-2-1-3-6-15/h1-13H,14H2,(H,23,26)(H,24,25). The van der Waals surface area contributed by atoms with E-state index in [9.17, 15) is 9.59 Å². The van der Waals surface area contributed by atoms with E-state index in [0.29, 0.717) is 17.9 Å². The van der Waals surface area contributed by atoms with Crippen LogP contribution in [0.3, 0.4) is 0 Å². The van der Waals surface area contributed by atoms with Gasteiger partial charge in [0.15, 0.2) is 0 Å². The van der Waals surface area contributed by atoms with Crippen molar-refractivity contribution in [2.75, 3.05) is 0 Å². The van der Waals surface area contributed by atoms with E-state index in [0.717, 1.165) is 10.0 Å². The zero-order valence-corrected chi connectivity index (χ0v) is 15.9. The lowest BCUT2D eigenvalue weighted by Crippen LogP contribution is -2.34. The number of amides is 2. The van der Waals surface area contributed by atoms with Gasteiger partial charge in [0.25, 0.3) is 11.8 Å². The van der Waals surface area contributed by atoms with Crippen molar-refractivity contribution >= 4 is 33.8 Å². The number of hydrogen-bond donors (Lipinski definition) is 2. The Morgan fingerprint density at radius 3 is 2.37 bits per heavy atom. The maximum absolute atomic E-state index is 12.6. The van der Waals surface area contributed by atoms with E-state index in [1.807, 2.05) is 30.3 Å². The van der Waals surface area contributed by atoms with Crippen molar-refractivity contribution in [3.05, 3.63) is 100 Å². The topological polar surface area (TPSA) is 71.3 Å². The van der Waals surface area contributed by atoms with Crippen LogP contribution in [0.2, 0.25) is 0 Å². The van der Waals surface area contributed by atoms with Crippen molar-refractivity contribution in [3.63, 3.8) is 0 Å². The van der Waals surface area contributed by atoms with Crippen LogP contribution in [0.4, 0.5) is 0 Å². The first-order valence-electron chi connectivity index (χ1n) is 8.26. The molecule has 136 valence electrons. The van der Waals surface area contributed by atoms with Gasteiger partial charge in [-0.05, 0) is 42.0 Å². The fourth-order valence-corrected chi connectivity index (χ4v) is 2.61. The molecule has 0 aliphatic rings. The first-order valence-corrected chi connectivity index (χ1v) is 9.05. The molecule has 5 nitrogen and oxygen atoms in total. The highest BCUT2D eigenvalue weighted by molar-refractivity contribution is 9.10. The Bertz CT molecular complexity index is 933. The number of carbonyl (C=O) groups excluding carboxylic acids is 2. The Balaban J connectivity index is 1.75. The molecule has 6 heteroatoms. The molecule has 0 bridgehead atoms. The number of benzene rings is 2. The summed E-state index contributed by atoms with van der Waals surface area (Å²) < 4.78 is 6.13.